The zero-order valence-electron chi connectivity index (χ0n) is 19.2. The van der Waals surface area contributed by atoms with E-state index in [2.05, 4.69) is 31.0 Å². The van der Waals surface area contributed by atoms with Crippen molar-refractivity contribution in [2.75, 3.05) is 13.7 Å². The van der Waals surface area contributed by atoms with Crippen LogP contribution in [-0.4, -0.2) is 45.0 Å². The van der Waals surface area contributed by atoms with E-state index < -0.39 is 6.36 Å². The van der Waals surface area contributed by atoms with Crippen LogP contribution in [0.4, 0.5) is 13.2 Å². The van der Waals surface area contributed by atoms with Gasteiger partial charge in [-0.05, 0) is 74.2 Å². The van der Waals surface area contributed by atoms with Gasteiger partial charge in [-0.3, -0.25) is 9.67 Å². The molecular weight excluding hydrogens is 463 g/mol. The average Bonchev–Trinajstić information content (AvgIpc) is 3.44. The Hall–Kier alpha value is -3.73. The van der Waals surface area contributed by atoms with Crippen molar-refractivity contribution >= 4 is 0 Å². The summed E-state index contributed by atoms with van der Waals surface area (Å²) in [5.41, 5.74) is 4.00. The maximum absolute atomic E-state index is 12.3. The number of halogens is 3. The summed E-state index contributed by atoms with van der Waals surface area (Å²) in [7, 11) is 1.70. The van der Waals surface area contributed by atoms with E-state index in [9.17, 15) is 13.2 Å². The largest absolute Gasteiger partial charge is 0.573 e. The molecular formula is C24H24F3N5O3. The van der Waals surface area contributed by atoms with Crippen LogP contribution in [0.5, 0.6) is 5.75 Å². The van der Waals surface area contributed by atoms with Crippen LogP contribution in [0.2, 0.25) is 0 Å². The number of nitrogens with zero attached hydrogens (tertiary/aromatic N) is 5. The molecule has 0 spiro atoms. The van der Waals surface area contributed by atoms with Crippen LogP contribution in [0.25, 0.3) is 23.0 Å². The molecule has 0 radical (unpaired) electrons. The molecule has 0 bridgehead atoms. The highest BCUT2D eigenvalue weighted by atomic mass is 19.4. The first-order valence-electron chi connectivity index (χ1n) is 11.0. The Labute approximate surface area is 199 Å². The fourth-order valence-corrected chi connectivity index (χ4v) is 3.51. The molecule has 4 aromatic rings. The van der Waals surface area contributed by atoms with E-state index in [-0.39, 0.29) is 17.5 Å². The van der Waals surface area contributed by atoms with Gasteiger partial charge in [-0.15, -0.1) is 13.2 Å². The van der Waals surface area contributed by atoms with Crippen molar-refractivity contribution in [3.63, 3.8) is 0 Å². The Balaban J connectivity index is 1.44. The summed E-state index contributed by atoms with van der Waals surface area (Å²) in [5.74, 6) is 0.123. The highest BCUT2D eigenvalue weighted by Crippen LogP contribution is 2.27. The van der Waals surface area contributed by atoms with Crippen molar-refractivity contribution in [1.29, 1.82) is 0 Å². The monoisotopic (exact) mass is 487 g/mol. The maximum atomic E-state index is 12.3. The van der Waals surface area contributed by atoms with E-state index in [4.69, 9.17) is 9.26 Å². The maximum Gasteiger partial charge on any atom is 0.573 e. The van der Waals surface area contributed by atoms with Crippen molar-refractivity contribution in [3.05, 3.63) is 65.6 Å². The number of aromatic nitrogens is 5. The molecule has 184 valence electrons. The van der Waals surface area contributed by atoms with Gasteiger partial charge in [0, 0.05) is 36.9 Å². The summed E-state index contributed by atoms with van der Waals surface area (Å²) in [4.78, 5) is 8.78. The Morgan fingerprint density at radius 2 is 1.86 bits per heavy atom. The minimum atomic E-state index is -4.75. The van der Waals surface area contributed by atoms with E-state index in [1.54, 1.807) is 13.3 Å². The number of ether oxygens (including phenoxy) is 2. The predicted molar refractivity (Wildman–Crippen MR) is 121 cm³/mol. The van der Waals surface area contributed by atoms with Gasteiger partial charge in [0.25, 0.3) is 5.89 Å². The van der Waals surface area contributed by atoms with Crippen LogP contribution in [0.3, 0.4) is 0 Å². The Kier molecular flexibility index (Phi) is 7.45. The number of rotatable bonds is 10. The van der Waals surface area contributed by atoms with Gasteiger partial charge in [-0.2, -0.15) is 10.1 Å². The van der Waals surface area contributed by atoms with Crippen molar-refractivity contribution in [3.8, 4) is 28.7 Å². The molecule has 0 aliphatic rings. The molecule has 11 heteroatoms. The molecule has 3 heterocycles. The standard InChI is InChI=1S/C24H24F3N5O3/c1-16-13-21(30-32(16)15-17-10-11-28-19(14-17)5-3-4-12-33-2)23-29-22(31-35-23)18-6-8-20(9-7-18)34-24(25,26)27/h6-11,13-14H,3-5,12,15H2,1-2H3. The lowest BCUT2D eigenvalue weighted by Crippen LogP contribution is -2.16. The van der Waals surface area contributed by atoms with Crippen LogP contribution in [0.15, 0.2) is 53.2 Å². The highest BCUT2D eigenvalue weighted by molar-refractivity contribution is 5.58. The molecule has 8 nitrogen and oxygen atoms in total. The summed E-state index contributed by atoms with van der Waals surface area (Å²) in [6, 6.07) is 11.1. The van der Waals surface area contributed by atoms with Crippen LogP contribution >= 0.6 is 0 Å². The number of pyridine rings is 1. The third-order valence-corrected chi connectivity index (χ3v) is 5.22. The van der Waals surface area contributed by atoms with Gasteiger partial charge in [-0.25, -0.2) is 0 Å². The second kappa shape index (κ2) is 10.7. The van der Waals surface area contributed by atoms with E-state index in [1.165, 1.54) is 24.3 Å². The molecule has 0 unspecified atom stereocenters. The number of alkyl halides is 3. The average molecular weight is 487 g/mol. The summed E-state index contributed by atoms with van der Waals surface area (Å²) < 4.78 is 53.2. The summed E-state index contributed by atoms with van der Waals surface area (Å²) >= 11 is 0. The molecule has 0 amide bonds. The Morgan fingerprint density at radius 3 is 2.60 bits per heavy atom. The van der Waals surface area contributed by atoms with Gasteiger partial charge in [0.05, 0.1) is 6.54 Å². The predicted octanol–water partition coefficient (Wildman–Crippen LogP) is 5.22. The minimum Gasteiger partial charge on any atom is -0.406 e. The molecule has 3 aromatic heterocycles. The SMILES string of the molecule is COCCCCc1cc(Cn2nc(-c3nc(-c4ccc(OC(F)(F)F)cc4)no3)cc2C)ccn1. The molecule has 0 aliphatic carbocycles. The molecule has 0 saturated heterocycles. The lowest BCUT2D eigenvalue weighted by molar-refractivity contribution is -0.274. The number of unbranched alkanes of at least 4 members (excludes halogenated alkanes) is 1. The van der Waals surface area contributed by atoms with Crippen molar-refractivity contribution in [2.24, 2.45) is 0 Å². The van der Waals surface area contributed by atoms with Crippen molar-refractivity contribution < 1.29 is 27.2 Å². The molecule has 0 saturated carbocycles. The summed E-state index contributed by atoms with van der Waals surface area (Å²) in [6.07, 6.45) is -0.0709. The fraction of sp³-hybridized carbons (Fsp3) is 0.333. The smallest absolute Gasteiger partial charge is 0.406 e. The molecule has 0 atom stereocenters. The molecule has 0 N–H and O–H groups in total. The van der Waals surface area contributed by atoms with Crippen LogP contribution in [0.1, 0.15) is 29.8 Å². The normalized spacial score (nSPS) is 11.7. The van der Waals surface area contributed by atoms with Crippen molar-refractivity contribution in [2.45, 2.75) is 39.1 Å². The number of aryl methyl sites for hydroxylation is 2. The van der Waals surface area contributed by atoms with Gasteiger partial charge in [0.1, 0.15) is 5.75 Å². The van der Waals surface area contributed by atoms with E-state index in [0.29, 0.717) is 17.8 Å². The Morgan fingerprint density at radius 1 is 1.06 bits per heavy atom. The number of hydrogen-bond acceptors (Lipinski definition) is 7. The highest BCUT2D eigenvalue weighted by Gasteiger charge is 2.31. The third-order valence-electron chi connectivity index (χ3n) is 5.22. The first kappa shape index (κ1) is 24.4. The summed E-state index contributed by atoms with van der Waals surface area (Å²) in [6.45, 7) is 3.23. The van der Waals surface area contributed by atoms with Gasteiger partial charge in [0.15, 0.2) is 5.69 Å². The number of benzene rings is 1. The first-order chi connectivity index (χ1) is 16.8. The second-order valence-electron chi connectivity index (χ2n) is 7.93. The van der Waals surface area contributed by atoms with Gasteiger partial charge < -0.3 is 14.0 Å². The fourth-order valence-electron chi connectivity index (χ4n) is 3.51. The third kappa shape index (κ3) is 6.66. The second-order valence-corrected chi connectivity index (χ2v) is 7.93. The topological polar surface area (TPSA) is 88.1 Å². The van der Waals surface area contributed by atoms with Gasteiger partial charge in [0.2, 0.25) is 5.82 Å². The minimum absolute atomic E-state index is 0.214. The first-order valence-corrected chi connectivity index (χ1v) is 11.0. The molecule has 35 heavy (non-hydrogen) atoms. The summed E-state index contributed by atoms with van der Waals surface area (Å²) in [5, 5.41) is 8.52. The lowest BCUT2D eigenvalue weighted by atomic mass is 10.1. The zero-order valence-corrected chi connectivity index (χ0v) is 19.2. The number of methoxy groups -OCH3 is 1. The van der Waals surface area contributed by atoms with E-state index in [1.807, 2.05) is 23.7 Å². The molecule has 4 rings (SSSR count). The van der Waals surface area contributed by atoms with Crippen molar-refractivity contribution in [1.82, 2.24) is 24.9 Å². The van der Waals surface area contributed by atoms with E-state index >= 15 is 0 Å². The lowest BCUT2D eigenvalue weighted by Gasteiger charge is -2.08. The molecule has 0 aliphatic heterocycles. The van der Waals surface area contributed by atoms with Crippen LogP contribution in [0, 0.1) is 6.92 Å². The quantitative estimate of drug-likeness (QED) is 0.284. The molecule has 0 fully saturated rings. The van der Waals surface area contributed by atoms with Gasteiger partial charge in [-0.1, -0.05) is 5.16 Å². The zero-order chi connectivity index (χ0) is 24.8. The Bertz CT molecular complexity index is 1250. The number of hydrogen-bond donors (Lipinski definition) is 0. The van der Waals surface area contributed by atoms with Crippen LogP contribution in [-0.2, 0) is 17.7 Å². The van der Waals surface area contributed by atoms with Crippen LogP contribution < -0.4 is 4.74 Å². The van der Waals surface area contributed by atoms with Gasteiger partial charge >= 0.3 is 6.36 Å². The molecule has 1 aromatic carbocycles. The van der Waals surface area contributed by atoms with E-state index in [0.717, 1.165) is 42.8 Å².